The van der Waals surface area contributed by atoms with Crippen LogP contribution < -0.4 is 5.73 Å². The van der Waals surface area contributed by atoms with Crippen molar-refractivity contribution in [2.45, 2.75) is 6.92 Å². The molecular weight excluding hydrogens is 222 g/mol. The lowest BCUT2D eigenvalue weighted by molar-refractivity contribution is 0.0519. The van der Waals surface area contributed by atoms with Crippen molar-refractivity contribution in [3.05, 3.63) is 18.1 Å². The fourth-order valence-electron chi connectivity index (χ4n) is 1.53. The number of aromatic nitrogens is 4. The smallest absolute Gasteiger partial charge is 0.359 e. The van der Waals surface area contributed by atoms with Gasteiger partial charge in [0.1, 0.15) is 0 Å². The van der Waals surface area contributed by atoms with E-state index in [-0.39, 0.29) is 5.69 Å². The number of aromatic amines is 1. The van der Waals surface area contributed by atoms with Gasteiger partial charge in [0.25, 0.3) is 0 Å². The van der Waals surface area contributed by atoms with Crippen LogP contribution in [0.25, 0.3) is 11.3 Å². The summed E-state index contributed by atoms with van der Waals surface area (Å²) in [5.74, 6) is -0.475. The van der Waals surface area contributed by atoms with E-state index in [1.165, 1.54) is 10.9 Å². The van der Waals surface area contributed by atoms with Crippen LogP contribution in [0, 0.1) is 0 Å². The van der Waals surface area contributed by atoms with Crippen LogP contribution in [0.3, 0.4) is 0 Å². The van der Waals surface area contributed by atoms with Gasteiger partial charge >= 0.3 is 5.97 Å². The second-order valence-electron chi connectivity index (χ2n) is 3.49. The standard InChI is InChI=1S/C10H13N5O2/c1-3-17-10(16)9-6(5-15(2)14-9)8-7(11)4-12-13-8/h4-5H,3,11H2,1-2H3,(H,12,13). The fourth-order valence-corrected chi connectivity index (χ4v) is 1.53. The van der Waals surface area contributed by atoms with Crippen molar-refractivity contribution in [3.63, 3.8) is 0 Å². The molecule has 2 aromatic rings. The first-order chi connectivity index (χ1) is 8.13. The molecule has 0 aliphatic rings. The molecule has 0 aromatic carbocycles. The summed E-state index contributed by atoms with van der Waals surface area (Å²) in [6.07, 6.45) is 3.17. The Balaban J connectivity index is 2.48. The van der Waals surface area contributed by atoms with Crippen molar-refractivity contribution in [1.29, 1.82) is 0 Å². The highest BCUT2D eigenvalue weighted by molar-refractivity contribution is 5.96. The summed E-state index contributed by atoms with van der Waals surface area (Å²) >= 11 is 0. The molecule has 90 valence electrons. The van der Waals surface area contributed by atoms with Gasteiger partial charge in [-0.25, -0.2) is 4.79 Å². The number of carbonyl (C=O) groups is 1. The molecule has 7 heteroatoms. The molecule has 2 rings (SSSR count). The molecule has 17 heavy (non-hydrogen) atoms. The lowest BCUT2D eigenvalue weighted by Crippen LogP contribution is -2.07. The third-order valence-corrected chi connectivity index (χ3v) is 2.24. The minimum atomic E-state index is -0.475. The summed E-state index contributed by atoms with van der Waals surface area (Å²) in [6.45, 7) is 2.04. The Labute approximate surface area is 97.6 Å². The Morgan fingerprint density at radius 1 is 1.65 bits per heavy atom. The molecule has 0 bridgehead atoms. The number of nitrogens with two attached hydrogens (primary N) is 1. The molecule has 0 saturated heterocycles. The monoisotopic (exact) mass is 235 g/mol. The van der Waals surface area contributed by atoms with E-state index in [0.29, 0.717) is 23.6 Å². The minimum Gasteiger partial charge on any atom is -0.461 e. The van der Waals surface area contributed by atoms with Crippen molar-refractivity contribution in [2.24, 2.45) is 7.05 Å². The average molecular weight is 235 g/mol. The van der Waals surface area contributed by atoms with Gasteiger partial charge in [-0.2, -0.15) is 10.2 Å². The predicted molar refractivity (Wildman–Crippen MR) is 61.2 cm³/mol. The Morgan fingerprint density at radius 3 is 3.00 bits per heavy atom. The molecule has 0 aliphatic heterocycles. The Hall–Kier alpha value is -2.31. The first kappa shape index (κ1) is 11.2. The lowest BCUT2D eigenvalue weighted by Gasteiger charge is -2.00. The predicted octanol–water partition coefficient (Wildman–Crippen LogP) is 0.569. The normalized spacial score (nSPS) is 10.5. The van der Waals surface area contributed by atoms with Crippen LogP contribution in [0.5, 0.6) is 0 Å². The summed E-state index contributed by atoms with van der Waals surface area (Å²) in [5.41, 5.74) is 7.59. The van der Waals surface area contributed by atoms with Crippen LogP contribution in [-0.2, 0) is 11.8 Å². The highest BCUT2D eigenvalue weighted by Crippen LogP contribution is 2.26. The van der Waals surface area contributed by atoms with Crippen LogP contribution in [-0.4, -0.2) is 32.6 Å². The molecule has 2 aromatic heterocycles. The van der Waals surface area contributed by atoms with Gasteiger partial charge in [0.15, 0.2) is 5.69 Å². The first-order valence-corrected chi connectivity index (χ1v) is 5.13. The third-order valence-electron chi connectivity index (χ3n) is 2.24. The molecule has 0 aliphatic carbocycles. The molecule has 0 unspecified atom stereocenters. The number of hydrogen-bond acceptors (Lipinski definition) is 5. The fraction of sp³-hybridized carbons (Fsp3) is 0.300. The van der Waals surface area contributed by atoms with Crippen molar-refractivity contribution in [3.8, 4) is 11.3 Å². The number of esters is 1. The number of nitrogen functional groups attached to an aromatic ring is 1. The molecule has 0 spiro atoms. The number of nitrogens with zero attached hydrogens (tertiary/aromatic N) is 3. The average Bonchev–Trinajstić information content (AvgIpc) is 2.84. The van der Waals surface area contributed by atoms with Gasteiger partial charge in [0.2, 0.25) is 0 Å². The van der Waals surface area contributed by atoms with E-state index in [2.05, 4.69) is 15.3 Å². The van der Waals surface area contributed by atoms with Gasteiger partial charge in [0.05, 0.1) is 29.7 Å². The lowest BCUT2D eigenvalue weighted by atomic mass is 10.1. The van der Waals surface area contributed by atoms with Gasteiger partial charge in [-0.15, -0.1) is 0 Å². The summed E-state index contributed by atoms with van der Waals surface area (Å²) in [6, 6.07) is 0. The van der Waals surface area contributed by atoms with E-state index >= 15 is 0 Å². The Morgan fingerprint density at radius 2 is 2.41 bits per heavy atom. The van der Waals surface area contributed by atoms with Crippen molar-refractivity contribution in [1.82, 2.24) is 20.0 Å². The number of nitrogens with one attached hydrogen (secondary N) is 1. The number of H-pyrrole nitrogens is 1. The molecule has 3 N–H and O–H groups in total. The van der Waals surface area contributed by atoms with Crippen LogP contribution in [0.15, 0.2) is 12.4 Å². The second-order valence-corrected chi connectivity index (χ2v) is 3.49. The van der Waals surface area contributed by atoms with E-state index < -0.39 is 5.97 Å². The molecule has 7 nitrogen and oxygen atoms in total. The van der Waals surface area contributed by atoms with Gasteiger partial charge in [-0.3, -0.25) is 9.78 Å². The molecule has 0 radical (unpaired) electrons. The molecule has 0 amide bonds. The second kappa shape index (κ2) is 4.28. The topological polar surface area (TPSA) is 98.8 Å². The first-order valence-electron chi connectivity index (χ1n) is 5.13. The number of aryl methyl sites for hydroxylation is 1. The van der Waals surface area contributed by atoms with Crippen molar-refractivity contribution in [2.75, 3.05) is 12.3 Å². The quantitative estimate of drug-likeness (QED) is 0.758. The van der Waals surface area contributed by atoms with Crippen molar-refractivity contribution < 1.29 is 9.53 Å². The maximum Gasteiger partial charge on any atom is 0.359 e. The van der Waals surface area contributed by atoms with Crippen LogP contribution in [0.2, 0.25) is 0 Å². The van der Waals surface area contributed by atoms with Crippen LogP contribution in [0.4, 0.5) is 5.69 Å². The Bertz CT molecular complexity index is 543. The van der Waals surface area contributed by atoms with Gasteiger partial charge in [0, 0.05) is 13.2 Å². The highest BCUT2D eigenvalue weighted by Gasteiger charge is 2.20. The minimum absolute atomic E-state index is 0.227. The van der Waals surface area contributed by atoms with Gasteiger partial charge < -0.3 is 10.5 Å². The van der Waals surface area contributed by atoms with E-state index in [1.807, 2.05) is 0 Å². The zero-order valence-electron chi connectivity index (χ0n) is 9.60. The summed E-state index contributed by atoms with van der Waals surface area (Å²) in [4.78, 5) is 11.7. The molecule has 0 fully saturated rings. The SMILES string of the molecule is CCOC(=O)c1nn(C)cc1-c1[nH]ncc1N. The molecule has 0 atom stereocenters. The molecular formula is C10H13N5O2. The highest BCUT2D eigenvalue weighted by atomic mass is 16.5. The van der Waals surface area contributed by atoms with Gasteiger partial charge in [-0.1, -0.05) is 0 Å². The van der Waals surface area contributed by atoms with E-state index in [1.54, 1.807) is 20.2 Å². The molecule has 0 saturated carbocycles. The third kappa shape index (κ3) is 1.99. The summed E-state index contributed by atoms with van der Waals surface area (Å²) in [7, 11) is 1.72. The number of rotatable bonds is 3. The number of hydrogen-bond donors (Lipinski definition) is 2. The maximum atomic E-state index is 11.7. The summed E-state index contributed by atoms with van der Waals surface area (Å²) < 4.78 is 6.46. The largest absolute Gasteiger partial charge is 0.461 e. The number of carbonyl (C=O) groups excluding carboxylic acids is 1. The number of ether oxygens (including phenoxy) is 1. The van der Waals surface area contributed by atoms with E-state index in [4.69, 9.17) is 10.5 Å². The van der Waals surface area contributed by atoms with E-state index in [0.717, 1.165) is 0 Å². The Kier molecular flexibility index (Phi) is 2.82. The van der Waals surface area contributed by atoms with Crippen molar-refractivity contribution >= 4 is 11.7 Å². The van der Waals surface area contributed by atoms with E-state index in [9.17, 15) is 4.79 Å². The molecule has 2 heterocycles. The summed E-state index contributed by atoms with van der Waals surface area (Å²) in [5, 5.41) is 10.6. The number of anilines is 1. The maximum absolute atomic E-state index is 11.7. The van der Waals surface area contributed by atoms with Crippen LogP contribution in [0.1, 0.15) is 17.4 Å². The zero-order chi connectivity index (χ0) is 12.4. The van der Waals surface area contributed by atoms with Crippen LogP contribution >= 0.6 is 0 Å². The van der Waals surface area contributed by atoms with Gasteiger partial charge in [-0.05, 0) is 6.92 Å². The zero-order valence-corrected chi connectivity index (χ0v) is 9.60.